The van der Waals surface area contributed by atoms with Gasteiger partial charge in [-0.25, -0.2) is 9.97 Å². The molecule has 1 unspecified atom stereocenters. The molecule has 1 N–H and O–H groups in total. The van der Waals surface area contributed by atoms with E-state index in [1.54, 1.807) is 0 Å². The normalized spacial score (nSPS) is 17.0. The molecule has 21 heavy (non-hydrogen) atoms. The zero-order valence-electron chi connectivity index (χ0n) is 13.2. The van der Waals surface area contributed by atoms with Crippen molar-refractivity contribution in [1.82, 2.24) is 9.97 Å². The van der Waals surface area contributed by atoms with Crippen LogP contribution in [-0.4, -0.2) is 23.6 Å². The number of fused-ring (bicyclic) bond motifs is 3. The standard InChI is InChI=1S/C16H23N3OS/c1-5-16(3,20-6-2)15-18-13(17-4)12-10-8-7-9-11(10)21-14(12)19-15/h5-9H2,1-4H3,(H,17,18,19). The van der Waals surface area contributed by atoms with Gasteiger partial charge in [-0.15, -0.1) is 11.3 Å². The Morgan fingerprint density at radius 1 is 1.29 bits per heavy atom. The number of rotatable bonds is 5. The van der Waals surface area contributed by atoms with Gasteiger partial charge in [-0.2, -0.15) is 0 Å². The van der Waals surface area contributed by atoms with Gasteiger partial charge in [-0.3, -0.25) is 0 Å². The molecular formula is C16H23N3OS. The molecule has 0 aliphatic heterocycles. The van der Waals surface area contributed by atoms with Crippen molar-refractivity contribution >= 4 is 27.4 Å². The van der Waals surface area contributed by atoms with Gasteiger partial charge in [-0.1, -0.05) is 6.92 Å². The largest absolute Gasteiger partial charge is 0.372 e. The van der Waals surface area contributed by atoms with Crippen molar-refractivity contribution in [2.45, 2.75) is 52.1 Å². The van der Waals surface area contributed by atoms with Crippen LogP contribution in [0.3, 0.4) is 0 Å². The van der Waals surface area contributed by atoms with E-state index in [4.69, 9.17) is 14.7 Å². The fourth-order valence-electron chi connectivity index (χ4n) is 3.06. The second kappa shape index (κ2) is 5.54. The molecule has 0 saturated heterocycles. The van der Waals surface area contributed by atoms with Crippen molar-refractivity contribution in [2.24, 2.45) is 0 Å². The Labute approximate surface area is 129 Å². The Kier molecular flexibility index (Phi) is 3.88. The van der Waals surface area contributed by atoms with Gasteiger partial charge in [0.1, 0.15) is 16.2 Å². The summed E-state index contributed by atoms with van der Waals surface area (Å²) in [6, 6.07) is 0. The summed E-state index contributed by atoms with van der Waals surface area (Å²) < 4.78 is 5.94. The topological polar surface area (TPSA) is 47.0 Å². The molecule has 0 radical (unpaired) electrons. The van der Waals surface area contributed by atoms with Gasteiger partial charge in [-0.05, 0) is 45.1 Å². The quantitative estimate of drug-likeness (QED) is 0.910. The van der Waals surface area contributed by atoms with Crippen LogP contribution >= 0.6 is 11.3 Å². The minimum Gasteiger partial charge on any atom is -0.372 e. The zero-order valence-corrected chi connectivity index (χ0v) is 14.1. The number of nitrogens with zero attached hydrogens (tertiary/aromatic N) is 2. The first-order valence-corrected chi connectivity index (χ1v) is 8.59. The minimum atomic E-state index is -0.414. The van der Waals surface area contributed by atoms with Crippen LogP contribution in [0.15, 0.2) is 0 Å². The van der Waals surface area contributed by atoms with Crippen LogP contribution in [0.5, 0.6) is 0 Å². The van der Waals surface area contributed by atoms with Crippen LogP contribution in [0, 0.1) is 0 Å². The molecule has 0 aromatic carbocycles. The minimum absolute atomic E-state index is 0.414. The number of nitrogens with one attached hydrogen (secondary N) is 1. The van der Waals surface area contributed by atoms with Crippen molar-refractivity contribution in [3.63, 3.8) is 0 Å². The van der Waals surface area contributed by atoms with E-state index in [9.17, 15) is 0 Å². The van der Waals surface area contributed by atoms with Crippen LogP contribution < -0.4 is 5.32 Å². The van der Waals surface area contributed by atoms with Crippen molar-refractivity contribution < 1.29 is 4.74 Å². The van der Waals surface area contributed by atoms with Gasteiger partial charge in [0.25, 0.3) is 0 Å². The highest BCUT2D eigenvalue weighted by atomic mass is 32.1. The molecule has 3 rings (SSSR count). The Morgan fingerprint density at radius 2 is 2.10 bits per heavy atom. The van der Waals surface area contributed by atoms with Gasteiger partial charge in [0.05, 0.1) is 5.39 Å². The molecule has 1 aliphatic carbocycles. The van der Waals surface area contributed by atoms with Gasteiger partial charge < -0.3 is 10.1 Å². The van der Waals surface area contributed by atoms with Crippen LogP contribution in [0.4, 0.5) is 5.82 Å². The Hall–Kier alpha value is -1.20. The Balaban J connectivity index is 2.18. The summed E-state index contributed by atoms with van der Waals surface area (Å²) in [4.78, 5) is 12.2. The first-order chi connectivity index (χ1) is 10.1. The van der Waals surface area contributed by atoms with E-state index in [1.807, 2.05) is 25.3 Å². The van der Waals surface area contributed by atoms with Crippen LogP contribution in [0.2, 0.25) is 0 Å². The molecule has 2 aromatic heterocycles. The van der Waals surface area contributed by atoms with E-state index >= 15 is 0 Å². The summed E-state index contributed by atoms with van der Waals surface area (Å²) >= 11 is 1.83. The van der Waals surface area contributed by atoms with Crippen molar-refractivity contribution in [2.75, 3.05) is 19.0 Å². The van der Waals surface area contributed by atoms with E-state index in [0.29, 0.717) is 6.61 Å². The molecule has 0 bridgehead atoms. The lowest BCUT2D eigenvalue weighted by Gasteiger charge is -2.26. The number of hydrogen-bond acceptors (Lipinski definition) is 5. The maximum atomic E-state index is 5.94. The molecule has 5 heteroatoms. The van der Waals surface area contributed by atoms with Gasteiger partial charge >= 0.3 is 0 Å². The van der Waals surface area contributed by atoms with E-state index in [2.05, 4.69) is 19.2 Å². The summed E-state index contributed by atoms with van der Waals surface area (Å²) in [5.41, 5.74) is 1.05. The van der Waals surface area contributed by atoms with E-state index in [0.717, 1.165) is 29.3 Å². The third-order valence-corrected chi connectivity index (χ3v) is 5.60. The maximum Gasteiger partial charge on any atom is 0.163 e. The number of aryl methyl sites for hydroxylation is 2. The highest BCUT2D eigenvalue weighted by Crippen LogP contribution is 2.40. The van der Waals surface area contributed by atoms with Crippen molar-refractivity contribution in [1.29, 1.82) is 0 Å². The molecule has 0 fully saturated rings. The summed E-state index contributed by atoms with van der Waals surface area (Å²) in [5, 5.41) is 4.49. The molecule has 0 spiro atoms. The summed E-state index contributed by atoms with van der Waals surface area (Å²) in [6.07, 6.45) is 4.46. The average Bonchev–Trinajstić information content (AvgIpc) is 3.06. The molecule has 4 nitrogen and oxygen atoms in total. The Morgan fingerprint density at radius 3 is 2.76 bits per heavy atom. The van der Waals surface area contributed by atoms with Crippen molar-refractivity contribution in [3.05, 3.63) is 16.3 Å². The highest BCUT2D eigenvalue weighted by molar-refractivity contribution is 7.19. The smallest absolute Gasteiger partial charge is 0.163 e. The zero-order chi connectivity index (χ0) is 15.0. The van der Waals surface area contributed by atoms with E-state index in [-0.39, 0.29) is 0 Å². The molecule has 0 saturated carbocycles. The SMILES string of the molecule is CCOC(C)(CC)c1nc(NC)c2c3c(sc2n1)CCC3. The second-order valence-corrected chi connectivity index (χ2v) is 6.78. The van der Waals surface area contributed by atoms with Crippen LogP contribution in [0.25, 0.3) is 10.2 Å². The Bertz CT molecular complexity index is 667. The maximum absolute atomic E-state index is 5.94. The molecule has 114 valence electrons. The average molecular weight is 305 g/mol. The molecule has 2 heterocycles. The monoisotopic (exact) mass is 305 g/mol. The number of thiophene rings is 1. The molecule has 0 amide bonds. The van der Waals surface area contributed by atoms with Gasteiger partial charge in [0.2, 0.25) is 0 Å². The van der Waals surface area contributed by atoms with Gasteiger partial charge in [0, 0.05) is 18.5 Å². The van der Waals surface area contributed by atoms with Crippen LogP contribution in [-0.2, 0) is 23.2 Å². The summed E-state index contributed by atoms with van der Waals surface area (Å²) in [6.45, 7) is 6.89. The number of anilines is 1. The molecule has 1 aliphatic rings. The lowest BCUT2D eigenvalue weighted by atomic mass is 10.0. The fourth-order valence-corrected chi connectivity index (χ4v) is 4.32. The molecular weight excluding hydrogens is 282 g/mol. The third-order valence-electron chi connectivity index (χ3n) is 4.41. The molecule has 2 aromatic rings. The van der Waals surface area contributed by atoms with Crippen LogP contribution in [0.1, 0.15) is 49.9 Å². The van der Waals surface area contributed by atoms with E-state index < -0.39 is 5.60 Å². The molecule has 1 atom stereocenters. The van der Waals surface area contributed by atoms with Crippen molar-refractivity contribution in [3.8, 4) is 0 Å². The lowest BCUT2D eigenvalue weighted by molar-refractivity contribution is -0.0386. The highest BCUT2D eigenvalue weighted by Gasteiger charge is 2.31. The van der Waals surface area contributed by atoms with E-state index in [1.165, 1.54) is 28.7 Å². The number of ether oxygens (including phenoxy) is 1. The summed E-state index contributed by atoms with van der Waals surface area (Å²) in [5.74, 6) is 1.75. The first-order valence-electron chi connectivity index (χ1n) is 7.77. The lowest BCUT2D eigenvalue weighted by Crippen LogP contribution is -2.28. The second-order valence-electron chi connectivity index (χ2n) is 5.70. The fraction of sp³-hybridized carbons (Fsp3) is 0.625. The third kappa shape index (κ3) is 2.32. The predicted octanol–water partition coefficient (Wildman–Crippen LogP) is 3.88. The first kappa shape index (κ1) is 14.7. The number of aromatic nitrogens is 2. The number of hydrogen-bond donors (Lipinski definition) is 1. The predicted molar refractivity (Wildman–Crippen MR) is 88.3 cm³/mol. The summed E-state index contributed by atoms with van der Waals surface area (Å²) in [7, 11) is 1.94. The van der Waals surface area contributed by atoms with Gasteiger partial charge in [0.15, 0.2) is 5.82 Å².